The van der Waals surface area contributed by atoms with Crippen molar-refractivity contribution >= 4 is 17.4 Å². The van der Waals surface area contributed by atoms with E-state index >= 15 is 0 Å². The molecule has 0 saturated heterocycles. The zero-order valence-corrected chi connectivity index (χ0v) is 5.64. The molecule has 0 aliphatic heterocycles. The van der Waals surface area contributed by atoms with Gasteiger partial charge in [-0.1, -0.05) is 0 Å². The third-order valence-electron chi connectivity index (χ3n) is 1.51. The number of aromatic nitrogens is 3. The number of nitrogens with zero attached hydrogens (tertiary/aromatic N) is 3. The Labute approximate surface area is 62.5 Å². The Morgan fingerprint density at radius 1 is 1.55 bits per heavy atom. The first-order valence-electron chi connectivity index (χ1n) is 3.13. The number of hydrogen-bond donors (Lipinski definition) is 0. The first kappa shape index (κ1) is 6.03. The maximum absolute atomic E-state index is 10.4. The predicted molar refractivity (Wildman–Crippen MR) is 39.7 cm³/mol. The average molecular weight is 147 g/mol. The van der Waals surface area contributed by atoms with E-state index in [0.717, 1.165) is 17.4 Å². The predicted octanol–water partition coefficient (Wildman–Crippen LogP) is 0.470. The highest BCUT2D eigenvalue weighted by atomic mass is 16.1. The second-order valence-corrected chi connectivity index (χ2v) is 2.12. The quantitative estimate of drug-likeness (QED) is 0.551. The monoisotopic (exact) mass is 147 g/mol. The molecule has 4 nitrogen and oxygen atoms in total. The summed E-state index contributed by atoms with van der Waals surface area (Å²) in [4.78, 5) is 18.2. The molecular formula is C7H5N3O. The lowest BCUT2D eigenvalue weighted by Gasteiger charge is -1.89. The van der Waals surface area contributed by atoms with Crippen LogP contribution in [0.15, 0.2) is 24.8 Å². The van der Waals surface area contributed by atoms with Gasteiger partial charge in [-0.2, -0.15) is 0 Å². The van der Waals surface area contributed by atoms with Crippen LogP contribution < -0.4 is 0 Å². The summed E-state index contributed by atoms with van der Waals surface area (Å²) in [5, 5.41) is 0. The van der Waals surface area contributed by atoms with E-state index in [1.165, 1.54) is 10.9 Å². The fraction of sp³-hybridized carbons (Fsp3) is 0. The summed E-state index contributed by atoms with van der Waals surface area (Å²) in [7, 11) is 0. The number of rotatable bonds is 1. The highest BCUT2D eigenvalue weighted by Crippen LogP contribution is 2.08. The first-order valence-corrected chi connectivity index (χ1v) is 3.13. The van der Waals surface area contributed by atoms with Crippen LogP contribution in [0.2, 0.25) is 0 Å². The van der Waals surface area contributed by atoms with E-state index in [9.17, 15) is 4.79 Å². The topological polar surface area (TPSA) is 47.8 Å². The summed E-state index contributed by atoms with van der Waals surface area (Å²) in [5.41, 5.74) is 1.52. The summed E-state index contributed by atoms with van der Waals surface area (Å²) in [6, 6.07) is 1.77. The zero-order chi connectivity index (χ0) is 7.68. The lowest BCUT2D eigenvalue weighted by Crippen LogP contribution is -1.91. The van der Waals surface area contributed by atoms with Crippen molar-refractivity contribution < 1.29 is 4.79 Å². The molecule has 0 fully saturated rings. The Morgan fingerprint density at radius 2 is 2.45 bits per heavy atom. The summed E-state index contributed by atoms with van der Waals surface area (Å²) in [6.45, 7) is 0. The van der Waals surface area contributed by atoms with E-state index < -0.39 is 0 Å². The fourth-order valence-electron chi connectivity index (χ4n) is 0.982. The second kappa shape index (κ2) is 2.16. The third kappa shape index (κ3) is 0.797. The Bertz CT molecular complexity index is 393. The highest BCUT2D eigenvalue weighted by Gasteiger charge is 1.97. The first-order chi connectivity index (χ1) is 5.42. The summed E-state index contributed by atoms with van der Waals surface area (Å²) >= 11 is 0. The molecule has 0 bridgehead atoms. The van der Waals surface area contributed by atoms with Crippen molar-refractivity contribution in [2.45, 2.75) is 0 Å². The fourth-order valence-corrected chi connectivity index (χ4v) is 0.982. The van der Waals surface area contributed by atoms with Crippen LogP contribution in [0.4, 0.5) is 0 Å². The SMILES string of the molecule is O=Cn1ccc2ncncc21. The molecule has 0 aromatic carbocycles. The number of fused-ring (bicyclic) bond motifs is 1. The van der Waals surface area contributed by atoms with Gasteiger partial charge in [0.1, 0.15) is 6.33 Å². The van der Waals surface area contributed by atoms with Crippen LogP contribution in [0.1, 0.15) is 0 Å². The van der Waals surface area contributed by atoms with Gasteiger partial charge in [0, 0.05) is 6.20 Å². The molecular weight excluding hydrogens is 142 g/mol. The molecule has 2 rings (SSSR count). The average Bonchev–Trinajstić information content (AvgIpc) is 2.47. The number of carbonyl (C=O) groups excluding carboxylic acids is 1. The molecule has 0 N–H and O–H groups in total. The van der Waals surface area contributed by atoms with Gasteiger partial charge in [-0.05, 0) is 6.07 Å². The van der Waals surface area contributed by atoms with Crippen LogP contribution in [-0.4, -0.2) is 20.9 Å². The molecule has 0 aliphatic carbocycles. The van der Waals surface area contributed by atoms with Crippen molar-refractivity contribution in [3.05, 3.63) is 24.8 Å². The van der Waals surface area contributed by atoms with Gasteiger partial charge in [0.2, 0.25) is 6.41 Å². The maximum Gasteiger partial charge on any atom is 0.218 e. The molecule has 54 valence electrons. The molecule has 0 amide bonds. The normalized spacial score (nSPS) is 10.2. The van der Waals surface area contributed by atoms with Crippen LogP contribution in [0.5, 0.6) is 0 Å². The van der Waals surface area contributed by atoms with E-state index in [2.05, 4.69) is 9.97 Å². The van der Waals surface area contributed by atoms with Crippen molar-refractivity contribution in [1.29, 1.82) is 0 Å². The van der Waals surface area contributed by atoms with Crippen molar-refractivity contribution in [1.82, 2.24) is 14.5 Å². The highest BCUT2D eigenvalue weighted by molar-refractivity contribution is 5.81. The van der Waals surface area contributed by atoms with Gasteiger partial charge in [0.25, 0.3) is 0 Å². The van der Waals surface area contributed by atoms with Crippen LogP contribution in [0.3, 0.4) is 0 Å². The smallest absolute Gasteiger partial charge is 0.218 e. The van der Waals surface area contributed by atoms with Gasteiger partial charge < -0.3 is 0 Å². The van der Waals surface area contributed by atoms with Gasteiger partial charge in [0.15, 0.2) is 0 Å². The minimum atomic E-state index is 0.728. The molecule has 0 spiro atoms. The lowest BCUT2D eigenvalue weighted by molar-refractivity contribution is 0.549. The Morgan fingerprint density at radius 3 is 3.27 bits per heavy atom. The summed E-state index contributed by atoms with van der Waals surface area (Å²) in [5.74, 6) is 0. The van der Waals surface area contributed by atoms with Crippen LogP contribution in [0, 0.1) is 0 Å². The molecule has 2 heterocycles. The maximum atomic E-state index is 10.4. The lowest BCUT2D eigenvalue weighted by atomic mass is 10.5. The zero-order valence-electron chi connectivity index (χ0n) is 5.64. The Hall–Kier alpha value is -1.71. The molecule has 0 saturated carbocycles. The minimum Gasteiger partial charge on any atom is -0.287 e. The van der Waals surface area contributed by atoms with Gasteiger partial charge in [0.05, 0.1) is 17.2 Å². The van der Waals surface area contributed by atoms with Gasteiger partial charge in [-0.15, -0.1) is 0 Å². The molecule has 2 aromatic rings. The second-order valence-electron chi connectivity index (χ2n) is 2.12. The Balaban J connectivity index is 2.86. The summed E-state index contributed by atoms with van der Waals surface area (Å²) in [6.07, 6.45) is 5.45. The summed E-state index contributed by atoms with van der Waals surface area (Å²) < 4.78 is 1.44. The molecule has 0 atom stereocenters. The third-order valence-corrected chi connectivity index (χ3v) is 1.51. The van der Waals surface area contributed by atoms with Crippen LogP contribution in [-0.2, 0) is 4.79 Å². The minimum absolute atomic E-state index is 0.728. The van der Waals surface area contributed by atoms with E-state index in [1.54, 1.807) is 18.5 Å². The van der Waals surface area contributed by atoms with E-state index in [4.69, 9.17) is 0 Å². The van der Waals surface area contributed by atoms with Crippen molar-refractivity contribution in [3.63, 3.8) is 0 Å². The molecule has 0 radical (unpaired) electrons. The molecule has 11 heavy (non-hydrogen) atoms. The van der Waals surface area contributed by atoms with Crippen molar-refractivity contribution in [2.24, 2.45) is 0 Å². The number of carbonyl (C=O) groups is 1. The van der Waals surface area contributed by atoms with E-state index in [0.29, 0.717) is 0 Å². The van der Waals surface area contributed by atoms with E-state index in [-0.39, 0.29) is 0 Å². The standard InChI is InChI=1S/C7H5N3O/c11-5-10-2-1-6-7(10)3-8-4-9-6/h1-5H. The van der Waals surface area contributed by atoms with Crippen LogP contribution >= 0.6 is 0 Å². The molecule has 0 unspecified atom stereocenters. The van der Waals surface area contributed by atoms with E-state index in [1.807, 2.05) is 0 Å². The van der Waals surface area contributed by atoms with Crippen molar-refractivity contribution in [3.8, 4) is 0 Å². The van der Waals surface area contributed by atoms with Gasteiger partial charge in [-0.25, -0.2) is 9.97 Å². The van der Waals surface area contributed by atoms with Gasteiger partial charge >= 0.3 is 0 Å². The molecule has 0 aliphatic rings. The number of hydrogen-bond acceptors (Lipinski definition) is 3. The molecule has 2 aromatic heterocycles. The van der Waals surface area contributed by atoms with Gasteiger partial charge in [-0.3, -0.25) is 9.36 Å². The Kier molecular flexibility index (Phi) is 1.18. The molecule has 4 heteroatoms. The largest absolute Gasteiger partial charge is 0.287 e. The van der Waals surface area contributed by atoms with Crippen molar-refractivity contribution in [2.75, 3.05) is 0 Å². The van der Waals surface area contributed by atoms with Crippen LogP contribution in [0.25, 0.3) is 11.0 Å².